The molecule has 1 unspecified atom stereocenters. The Bertz CT molecular complexity index is 629. The lowest BCUT2D eigenvalue weighted by Gasteiger charge is -2.38. The fourth-order valence-electron chi connectivity index (χ4n) is 2.81. The van der Waals surface area contributed by atoms with Crippen LogP contribution >= 0.6 is 0 Å². The van der Waals surface area contributed by atoms with Crippen LogP contribution in [0.15, 0.2) is 30.3 Å². The van der Waals surface area contributed by atoms with Gasteiger partial charge in [0.1, 0.15) is 6.04 Å². The minimum Gasteiger partial charge on any atom is -0.341 e. The van der Waals surface area contributed by atoms with Crippen molar-refractivity contribution in [2.45, 2.75) is 33.7 Å². The molecule has 6 heteroatoms. The topological polar surface area (TPSA) is 69.7 Å². The molecular weight excluding hydrogens is 318 g/mol. The predicted octanol–water partition coefficient (Wildman–Crippen LogP) is 1.52. The second-order valence-corrected chi connectivity index (χ2v) is 7.43. The largest absolute Gasteiger partial charge is 0.341 e. The summed E-state index contributed by atoms with van der Waals surface area (Å²) in [5.41, 5.74) is 0.117. The third-order valence-electron chi connectivity index (χ3n) is 4.27. The minimum absolute atomic E-state index is 0.102. The van der Waals surface area contributed by atoms with Crippen molar-refractivity contribution in [1.82, 2.24) is 15.1 Å². The number of carbonyl (C=O) groups is 3. The maximum atomic E-state index is 12.5. The molecule has 1 heterocycles. The molecule has 1 aliphatic heterocycles. The summed E-state index contributed by atoms with van der Waals surface area (Å²) in [6.07, 6.45) is 0. The highest BCUT2D eigenvalue weighted by molar-refractivity contribution is 5.97. The van der Waals surface area contributed by atoms with Gasteiger partial charge in [0.25, 0.3) is 5.91 Å². The van der Waals surface area contributed by atoms with Gasteiger partial charge in [-0.25, -0.2) is 0 Å². The van der Waals surface area contributed by atoms with Gasteiger partial charge >= 0.3 is 0 Å². The lowest BCUT2D eigenvalue weighted by molar-refractivity contribution is -0.145. The summed E-state index contributed by atoms with van der Waals surface area (Å²) in [6, 6.07) is 8.23. The molecule has 1 aromatic rings. The zero-order valence-electron chi connectivity index (χ0n) is 15.4. The molecule has 1 N–H and O–H groups in total. The molecule has 0 aromatic heterocycles. The van der Waals surface area contributed by atoms with E-state index in [0.717, 1.165) is 0 Å². The number of hydrogen-bond acceptors (Lipinski definition) is 3. The monoisotopic (exact) mass is 345 g/mol. The molecule has 1 fully saturated rings. The number of rotatable bonds is 3. The Balaban J connectivity index is 1.87. The number of piperazine rings is 1. The SMILES string of the molecule is CC(NC(=O)c1ccccc1)C(=O)N1CCN(C(=O)C(C)(C)C)CC1. The van der Waals surface area contributed by atoms with Crippen LogP contribution in [0.4, 0.5) is 0 Å². The number of nitrogens with one attached hydrogen (secondary N) is 1. The van der Waals surface area contributed by atoms with Crippen LogP contribution in [0.3, 0.4) is 0 Å². The Hall–Kier alpha value is -2.37. The molecule has 1 atom stereocenters. The van der Waals surface area contributed by atoms with Crippen molar-refractivity contribution in [2.24, 2.45) is 5.41 Å². The first kappa shape index (κ1) is 19.0. The van der Waals surface area contributed by atoms with Crippen LogP contribution in [0, 0.1) is 5.41 Å². The predicted molar refractivity (Wildman–Crippen MR) is 96.0 cm³/mol. The third-order valence-corrected chi connectivity index (χ3v) is 4.27. The van der Waals surface area contributed by atoms with E-state index in [1.54, 1.807) is 41.0 Å². The average Bonchev–Trinajstić information content (AvgIpc) is 2.60. The zero-order valence-corrected chi connectivity index (χ0v) is 15.4. The summed E-state index contributed by atoms with van der Waals surface area (Å²) in [6.45, 7) is 9.42. The number of carbonyl (C=O) groups excluding carboxylic acids is 3. The van der Waals surface area contributed by atoms with Crippen molar-refractivity contribution < 1.29 is 14.4 Å². The van der Waals surface area contributed by atoms with Gasteiger partial charge in [0.05, 0.1) is 0 Å². The van der Waals surface area contributed by atoms with Crippen molar-refractivity contribution in [3.05, 3.63) is 35.9 Å². The normalized spacial score (nSPS) is 16.3. The van der Waals surface area contributed by atoms with Crippen LogP contribution in [0.2, 0.25) is 0 Å². The van der Waals surface area contributed by atoms with E-state index in [1.165, 1.54) is 0 Å². The number of amides is 3. The first-order valence-electron chi connectivity index (χ1n) is 8.64. The molecule has 6 nitrogen and oxygen atoms in total. The van der Waals surface area contributed by atoms with E-state index in [4.69, 9.17) is 0 Å². The van der Waals surface area contributed by atoms with E-state index in [9.17, 15) is 14.4 Å². The van der Waals surface area contributed by atoms with Gasteiger partial charge in [-0.15, -0.1) is 0 Å². The second kappa shape index (κ2) is 7.68. The van der Waals surface area contributed by atoms with E-state index in [2.05, 4.69) is 5.32 Å². The molecule has 136 valence electrons. The molecule has 0 bridgehead atoms. The van der Waals surface area contributed by atoms with E-state index in [1.807, 2.05) is 26.8 Å². The highest BCUT2D eigenvalue weighted by Gasteiger charge is 2.32. The molecule has 2 rings (SSSR count). The first-order chi connectivity index (χ1) is 11.7. The quantitative estimate of drug-likeness (QED) is 0.903. The van der Waals surface area contributed by atoms with Crippen LogP contribution in [-0.2, 0) is 9.59 Å². The van der Waals surface area contributed by atoms with Crippen molar-refractivity contribution in [2.75, 3.05) is 26.2 Å². The lowest BCUT2D eigenvalue weighted by Crippen LogP contribution is -2.56. The zero-order chi connectivity index (χ0) is 18.6. The van der Waals surface area contributed by atoms with Crippen LogP contribution < -0.4 is 5.32 Å². The molecule has 3 amide bonds. The maximum Gasteiger partial charge on any atom is 0.251 e. The fourth-order valence-corrected chi connectivity index (χ4v) is 2.81. The summed E-state index contributed by atoms with van der Waals surface area (Å²) >= 11 is 0. The third kappa shape index (κ3) is 4.81. The van der Waals surface area contributed by atoms with Crippen molar-refractivity contribution in [3.8, 4) is 0 Å². The van der Waals surface area contributed by atoms with Crippen LogP contribution in [-0.4, -0.2) is 59.7 Å². The van der Waals surface area contributed by atoms with Crippen molar-refractivity contribution >= 4 is 17.7 Å². The van der Waals surface area contributed by atoms with Crippen LogP contribution in [0.25, 0.3) is 0 Å². The van der Waals surface area contributed by atoms with Crippen LogP contribution in [0.1, 0.15) is 38.1 Å². The Labute approximate surface area is 149 Å². The standard InChI is InChI=1S/C19H27N3O3/c1-14(20-16(23)15-8-6-5-7-9-15)17(24)21-10-12-22(13-11-21)18(25)19(2,3)4/h5-9,14H,10-13H2,1-4H3,(H,20,23). The van der Waals surface area contributed by atoms with Gasteiger partial charge in [0.2, 0.25) is 11.8 Å². The van der Waals surface area contributed by atoms with Gasteiger partial charge < -0.3 is 15.1 Å². The molecule has 25 heavy (non-hydrogen) atoms. The Morgan fingerprint density at radius 3 is 2.00 bits per heavy atom. The molecule has 1 aromatic carbocycles. The first-order valence-corrected chi connectivity index (χ1v) is 8.64. The fraction of sp³-hybridized carbons (Fsp3) is 0.526. The minimum atomic E-state index is -0.599. The summed E-state index contributed by atoms with van der Waals surface area (Å²) < 4.78 is 0. The lowest BCUT2D eigenvalue weighted by atomic mass is 9.94. The molecule has 0 spiro atoms. The molecule has 1 saturated heterocycles. The maximum absolute atomic E-state index is 12.5. The van der Waals surface area contributed by atoms with Gasteiger partial charge in [-0.05, 0) is 19.1 Å². The smallest absolute Gasteiger partial charge is 0.251 e. The van der Waals surface area contributed by atoms with Gasteiger partial charge in [-0.2, -0.15) is 0 Å². The van der Waals surface area contributed by atoms with E-state index < -0.39 is 11.5 Å². The molecule has 0 saturated carbocycles. The Morgan fingerprint density at radius 1 is 0.960 bits per heavy atom. The molecule has 0 radical (unpaired) electrons. The van der Waals surface area contributed by atoms with Gasteiger partial charge in [0.15, 0.2) is 0 Å². The average molecular weight is 345 g/mol. The summed E-state index contributed by atoms with van der Waals surface area (Å²) in [7, 11) is 0. The Morgan fingerprint density at radius 2 is 1.48 bits per heavy atom. The highest BCUT2D eigenvalue weighted by Crippen LogP contribution is 2.18. The number of hydrogen-bond donors (Lipinski definition) is 1. The van der Waals surface area contributed by atoms with Crippen molar-refractivity contribution in [3.63, 3.8) is 0 Å². The van der Waals surface area contributed by atoms with E-state index in [-0.39, 0.29) is 17.7 Å². The molecule has 1 aliphatic rings. The van der Waals surface area contributed by atoms with Gasteiger partial charge in [-0.3, -0.25) is 14.4 Å². The molecular formula is C19H27N3O3. The Kier molecular flexibility index (Phi) is 5.82. The number of nitrogens with zero attached hydrogens (tertiary/aromatic N) is 2. The summed E-state index contributed by atoms with van der Waals surface area (Å²) in [4.78, 5) is 40.5. The highest BCUT2D eigenvalue weighted by atomic mass is 16.2. The van der Waals surface area contributed by atoms with Gasteiger partial charge in [0, 0.05) is 37.2 Å². The van der Waals surface area contributed by atoms with Crippen LogP contribution in [0.5, 0.6) is 0 Å². The van der Waals surface area contributed by atoms with Gasteiger partial charge in [-0.1, -0.05) is 39.0 Å². The van der Waals surface area contributed by atoms with E-state index in [0.29, 0.717) is 31.7 Å². The number of benzene rings is 1. The summed E-state index contributed by atoms with van der Waals surface area (Å²) in [5.74, 6) is -0.278. The second-order valence-electron chi connectivity index (χ2n) is 7.43. The van der Waals surface area contributed by atoms with Crippen molar-refractivity contribution in [1.29, 1.82) is 0 Å². The molecule has 0 aliphatic carbocycles. The van der Waals surface area contributed by atoms with E-state index >= 15 is 0 Å². The summed E-state index contributed by atoms with van der Waals surface area (Å²) in [5, 5.41) is 2.74.